The molecule has 1 heterocycles. The quantitative estimate of drug-likeness (QED) is 0.803. The van der Waals surface area contributed by atoms with E-state index in [4.69, 9.17) is 4.74 Å². The molecule has 0 saturated heterocycles. The summed E-state index contributed by atoms with van der Waals surface area (Å²) in [6.07, 6.45) is 2.85. The molecule has 0 aliphatic rings. The lowest BCUT2D eigenvalue weighted by Gasteiger charge is -2.16. The fourth-order valence-electron chi connectivity index (χ4n) is 1.63. The van der Waals surface area contributed by atoms with Gasteiger partial charge in [-0.1, -0.05) is 30.3 Å². The Morgan fingerprint density at radius 2 is 2.11 bits per heavy atom. The summed E-state index contributed by atoms with van der Waals surface area (Å²) < 4.78 is 4.74. The Labute approximate surface area is 109 Å². The molecule has 0 bridgehead atoms. The largest absolute Gasteiger partial charge is 0.467 e. The van der Waals surface area contributed by atoms with Crippen LogP contribution in [-0.2, 0) is 9.53 Å². The van der Waals surface area contributed by atoms with E-state index in [1.54, 1.807) is 24.3 Å². The Balaban J connectivity index is 2.33. The van der Waals surface area contributed by atoms with Crippen LogP contribution in [0.5, 0.6) is 0 Å². The van der Waals surface area contributed by atoms with Gasteiger partial charge in [0.15, 0.2) is 11.9 Å². The lowest BCUT2D eigenvalue weighted by molar-refractivity contribution is -0.141. The van der Waals surface area contributed by atoms with Crippen molar-refractivity contribution in [3.8, 4) is 0 Å². The molecule has 6 nitrogen and oxygen atoms in total. The molecule has 0 spiro atoms. The molecular formula is C13H13N3O3. The zero-order chi connectivity index (χ0) is 13.7. The summed E-state index contributed by atoms with van der Waals surface area (Å²) in [7, 11) is 1.29. The van der Waals surface area contributed by atoms with Gasteiger partial charge in [-0.05, 0) is 5.56 Å². The summed E-state index contributed by atoms with van der Waals surface area (Å²) in [6.45, 7) is 0. The average molecular weight is 259 g/mol. The SMILES string of the molecule is COC(=O)C(Nc1ncc[nH]c1=O)c1ccccc1. The van der Waals surface area contributed by atoms with E-state index in [0.717, 1.165) is 0 Å². The molecule has 2 rings (SSSR count). The molecule has 0 saturated carbocycles. The van der Waals surface area contributed by atoms with Gasteiger partial charge >= 0.3 is 5.97 Å². The lowest BCUT2D eigenvalue weighted by atomic mass is 10.1. The molecule has 1 aromatic heterocycles. The Morgan fingerprint density at radius 1 is 1.37 bits per heavy atom. The first-order chi connectivity index (χ1) is 9.22. The van der Waals surface area contributed by atoms with Crippen LogP contribution in [0.15, 0.2) is 47.5 Å². The number of rotatable bonds is 4. The van der Waals surface area contributed by atoms with Crippen molar-refractivity contribution in [3.63, 3.8) is 0 Å². The Hall–Kier alpha value is -2.63. The van der Waals surface area contributed by atoms with Gasteiger partial charge in [-0.3, -0.25) is 4.79 Å². The number of nitrogens with zero attached hydrogens (tertiary/aromatic N) is 1. The van der Waals surface area contributed by atoms with Crippen LogP contribution < -0.4 is 10.9 Å². The molecule has 0 aliphatic carbocycles. The van der Waals surface area contributed by atoms with Crippen LogP contribution in [0.4, 0.5) is 5.82 Å². The summed E-state index contributed by atoms with van der Waals surface area (Å²) in [6, 6.07) is 8.20. The monoisotopic (exact) mass is 259 g/mol. The number of hydrogen-bond acceptors (Lipinski definition) is 5. The van der Waals surface area contributed by atoms with Crippen LogP contribution in [0.2, 0.25) is 0 Å². The molecule has 0 amide bonds. The van der Waals surface area contributed by atoms with E-state index in [1.807, 2.05) is 6.07 Å². The number of nitrogens with one attached hydrogen (secondary N) is 2. The van der Waals surface area contributed by atoms with E-state index in [1.165, 1.54) is 19.5 Å². The second-order valence-electron chi connectivity index (χ2n) is 3.78. The Morgan fingerprint density at radius 3 is 2.74 bits per heavy atom. The molecule has 0 aliphatic heterocycles. The number of ether oxygens (including phenoxy) is 1. The number of methoxy groups -OCH3 is 1. The van der Waals surface area contributed by atoms with Gasteiger partial charge in [0, 0.05) is 12.4 Å². The molecular weight excluding hydrogens is 246 g/mol. The summed E-state index contributed by atoms with van der Waals surface area (Å²) in [4.78, 5) is 29.7. The van der Waals surface area contributed by atoms with Crippen molar-refractivity contribution in [1.82, 2.24) is 9.97 Å². The van der Waals surface area contributed by atoms with E-state index >= 15 is 0 Å². The zero-order valence-corrected chi connectivity index (χ0v) is 10.3. The third-order valence-electron chi connectivity index (χ3n) is 2.56. The van der Waals surface area contributed by atoms with E-state index in [0.29, 0.717) is 5.56 Å². The normalized spacial score (nSPS) is 11.6. The van der Waals surface area contributed by atoms with Crippen molar-refractivity contribution in [1.29, 1.82) is 0 Å². The molecule has 98 valence electrons. The number of carbonyl (C=O) groups is 1. The first kappa shape index (κ1) is 12.8. The topological polar surface area (TPSA) is 84.1 Å². The molecule has 0 fully saturated rings. The van der Waals surface area contributed by atoms with Crippen molar-refractivity contribution in [2.24, 2.45) is 0 Å². The first-order valence-electron chi connectivity index (χ1n) is 5.65. The van der Waals surface area contributed by atoms with Gasteiger partial charge in [-0.15, -0.1) is 0 Å². The number of benzene rings is 1. The predicted molar refractivity (Wildman–Crippen MR) is 69.7 cm³/mol. The third kappa shape index (κ3) is 2.98. The van der Waals surface area contributed by atoms with Crippen LogP contribution >= 0.6 is 0 Å². The number of aromatic amines is 1. The van der Waals surface area contributed by atoms with Crippen LogP contribution in [0.1, 0.15) is 11.6 Å². The molecule has 2 aromatic rings. The smallest absolute Gasteiger partial charge is 0.333 e. The maximum absolute atomic E-state index is 11.8. The van der Waals surface area contributed by atoms with Gasteiger partial charge in [0.1, 0.15) is 0 Å². The van der Waals surface area contributed by atoms with Gasteiger partial charge in [0.25, 0.3) is 5.56 Å². The fraction of sp³-hybridized carbons (Fsp3) is 0.154. The van der Waals surface area contributed by atoms with Crippen molar-refractivity contribution in [2.45, 2.75) is 6.04 Å². The van der Waals surface area contributed by atoms with Crippen LogP contribution in [-0.4, -0.2) is 23.0 Å². The Kier molecular flexibility index (Phi) is 3.92. The number of H-pyrrole nitrogens is 1. The highest BCUT2D eigenvalue weighted by Gasteiger charge is 2.22. The highest BCUT2D eigenvalue weighted by atomic mass is 16.5. The Bertz CT molecular complexity index is 610. The predicted octanol–water partition coefficient (Wildman–Crippen LogP) is 1.10. The van der Waals surface area contributed by atoms with Gasteiger partial charge in [0.05, 0.1) is 7.11 Å². The number of aromatic nitrogens is 2. The van der Waals surface area contributed by atoms with Crippen LogP contribution in [0, 0.1) is 0 Å². The number of hydrogen-bond donors (Lipinski definition) is 2. The summed E-state index contributed by atoms with van der Waals surface area (Å²) in [5.41, 5.74) is 0.298. The maximum Gasteiger partial charge on any atom is 0.333 e. The number of esters is 1. The molecule has 6 heteroatoms. The van der Waals surface area contributed by atoms with E-state index in [9.17, 15) is 9.59 Å². The van der Waals surface area contributed by atoms with Crippen molar-refractivity contribution in [3.05, 3.63) is 58.6 Å². The average Bonchev–Trinajstić information content (AvgIpc) is 2.46. The minimum absolute atomic E-state index is 0.0711. The lowest BCUT2D eigenvalue weighted by Crippen LogP contribution is -2.26. The van der Waals surface area contributed by atoms with Gasteiger partial charge in [-0.25, -0.2) is 9.78 Å². The van der Waals surface area contributed by atoms with E-state index < -0.39 is 17.6 Å². The first-order valence-corrected chi connectivity index (χ1v) is 5.65. The maximum atomic E-state index is 11.8. The van der Waals surface area contributed by atoms with Crippen molar-refractivity contribution < 1.29 is 9.53 Å². The standard InChI is InChI=1S/C13H13N3O3/c1-19-13(18)10(9-5-3-2-4-6-9)16-11-12(17)15-8-7-14-11/h2-8,10H,1H3,(H,14,16)(H,15,17). The van der Waals surface area contributed by atoms with E-state index in [2.05, 4.69) is 15.3 Å². The number of anilines is 1. The van der Waals surface area contributed by atoms with Crippen molar-refractivity contribution in [2.75, 3.05) is 12.4 Å². The highest BCUT2D eigenvalue weighted by Crippen LogP contribution is 2.17. The molecule has 1 aromatic carbocycles. The van der Waals surface area contributed by atoms with Gasteiger partial charge < -0.3 is 15.0 Å². The molecule has 19 heavy (non-hydrogen) atoms. The van der Waals surface area contributed by atoms with Crippen molar-refractivity contribution >= 4 is 11.8 Å². The zero-order valence-electron chi connectivity index (χ0n) is 10.3. The second kappa shape index (κ2) is 5.81. The molecule has 0 radical (unpaired) electrons. The van der Waals surface area contributed by atoms with Crippen LogP contribution in [0.25, 0.3) is 0 Å². The second-order valence-corrected chi connectivity index (χ2v) is 3.78. The summed E-state index contributed by atoms with van der Waals surface area (Å²) >= 11 is 0. The minimum atomic E-state index is -0.776. The highest BCUT2D eigenvalue weighted by molar-refractivity contribution is 5.80. The minimum Gasteiger partial charge on any atom is -0.467 e. The van der Waals surface area contributed by atoms with Gasteiger partial charge in [0.2, 0.25) is 0 Å². The number of carbonyl (C=O) groups excluding carboxylic acids is 1. The summed E-state index contributed by atoms with van der Waals surface area (Å²) in [5, 5.41) is 2.78. The molecule has 1 unspecified atom stereocenters. The van der Waals surface area contributed by atoms with Gasteiger partial charge in [-0.2, -0.15) is 0 Å². The van der Waals surface area contributed by atoms with Crippen LogP contribution in [0.3, 0.4) is 0 Å². The summed E-state index contributed by atoms with van der Waals surface area (Å²) in [5.74, 6) is -0.419. The molecule has 1 atom stereocenters. The molecule has 2 N–H and O–H groups in total. The fourth-order valence-corrected chi connectivity index (χ4v) is 1.63. The third-order valence-corrected chi connectivity index (χ3v) is 2.56. The van der Waals surface area contributed by atoms with E-state index in [-0.39, 0.29) is 5.82 Å².